The van der Waals surface area contributed by atoms with E-state index in [1.165, 1.54) is 12.3 Å². The molecule has 29 heavy (non-hydrogen) atoms. The molecule has 3 N–H and O–H groups in total. The predicted octanol–water partition coefficient (Wildman–Crippen LogP) is 2.59. The van der Waals surface area contributed by atoms with Gasteiger partial charge in [0, 0.05) is 50.8 Å². The minimum Gasteiger partial charge on any atom is -0.375 e. The summed E-state index contributed by atoms with van der Waals surface area (Å²) in [7, 11) is 0. The lowest BCUT2D eigenvalue weighted by atomic mass is 10.1. The van der Waals surface area contributed by atoms with Crippen LogP contribution >= 0.6 is 12.2 Å². The fraction of sp³-hybridized carbons (Fsp3) is 0.316. The van der Waals surface area contributed by atoms with Crippen molar-refractivity contribution in [3.63, 3.8) is 0 Å². The number of nitrogens with one attached hydrogen (secondary N) is 1. The van der Waals surface area contributed by atoms with Crippen LogP contribution in [0, 0.1) is 0 Å². The number of pyridine rings is 1. The van der Waals surface area contributed by atoms with Gasteiger partial charge in [-0.25, -0.2) is 0 Å². The van der Waals surface area contributed by atoms with Crippen molar-refractivity contribution in [1.29, 1.82) is 0 Å². The molecule has 0 aliphatic carbocycles. The molecule has 0 saturated carbocycles. The molecular weight excluding hydrogens is 401 g/mol. The first kappa shape index (κ1) is 21.0. The van der Waals surface area contributed by atoms with Gasteiger partial charge in [-0.1, -0.05) is 12.1 Å². The molecule has 0 spiro atoms. The maximum Gasteiger partial charge on any atom is 0.418 e. The number of nitrogens with zero attached hydrogens (tertiary/aromatic N) is 4. The minimum atomic E-state index is -4.47. The average molecular weight is 422 g/mol. The van der Waals surface area contributed by atoms with Crippen molar-refractivity contribution in [3.05, 3.63) is 59.4 Å². The van der Waals surface area contributed by atoms with Crippen LogP contribution in [0.4, 0.5) is 18.9 Å². The van der Waals surface area contributed by atoms with Crippen LogP contribution in [0.5, 0.6) is 0 Å². The summed E-state index contributed by atoms with van der Waals surface area (Å²) in [4.78, 5) is 8.09. The highest BCUT2D eigenvalue weighted by Gasteiger charge is 2.35. The third-order valence-corrected chi connectivity index (χ3v) is 4.65. The zero-order valence-electron chi connectivity index (χ0n) is 15.6. The first-order chi connectivity index (χ1) is 13.8. The molecule has 1 aliphatic rings. The van der Waals surface area contributed by atoms with Crippen LogP contribution in [-0.2, 0) is 12.7 Å². The number of piperazine rings is 1. The lowest BCUT2D eigenvalue weighted by Gasteiger charge is -2.37. The van der Waals surface area contributed by atoms with Crippen molar-refractivity contribution in [2.75, 3.05) is 31.1 Å². The molecule has 0 amide bonds. The standard InChI is InChI=1S/C19H21F3N6S/c20-19(21,22)16-10-14(12-25-26-18(23)29)3-4-17(16)28-8-6-27(7-9-28)13-15-2-1-5-24-11-15/h1-5,10-12H,6-9,13H2,(H3,23,26,29). The van der Waals surface area contributed by atoms with Crippen molar-refractivity contribution < 1.29 is 13.2 Å². The molecule has 1 saturated heterocycles. The van der Waals surface area contributed by atoms with E-state index in [1.807, 2.05) is 12.1 Å². The topological polar surface area (TPSA) is 69.8 Å². The van der Waals surface area contributed by atoms with E-state index in [9.17, 15) is 13.2 Å². The molecule has 1 aliphatic heterocycles. The van der Waals surface area contributed by atoms with Gasteiger partial charge in [0.1, 0.15) is 0 Å². The Bertz CT molecular complexity index is 864. The average Bonchev–Trinajstić information content (AvgIpc) is 2.68. The second kappa shape index (κ2) is 9.19. The molecule has 1 fully saturated rings. The van der Waals surface area contributed by atoms with E-state index in [0.29, 0.717) is 31.7 Å². The second-order valence-electron chi connectivity index (χ2n) is 6.63. The lowest BCUT2D eigenvalue weighted by molar-refractivity contribution is -0.137. The Labute approximate surface area is 172 Å². The summed E-state index contributed by atoms with van der Waals surface area (Å²) >= 11 is 4.61. The van der Waals surface area contributed by atoms with Crippen molar-refractivity contribution in [3.8, 4) is 0 Å². The van der Waals surface area contributed by atoms with Gasteiger partial charge in [0.15, 0.2) is 5.11 Å². The molecule has 1 aromatic heterocycles. The highest BCUT2D eigenvalue weighted by molar-refractivity contribution is 7.80. The summed E-state index contributed by atoms with van der Waals surface area (Å²) in [5.41, 5.74) is 8.47. The van der Waals surface area contributed by atoms with Gasteiger partial charge < -0.3 is 10.6 Å². The Morgan fingerprint density at radius 2 is 2.00 bits per heavy atom. The summed E-state index contributed by atoms with van der Waals surface area (Å²) in [5.74, 6) is 0. The molecule has 0 bridgehead atoms. The number of nitrogens with two attached hydrogens (primary N) is 1. The molecule has 3 rings (SSSR count). The molecule has 0 radical (unpaired) electrons. The molecule has 10 heteroatoms. The summed E-state index contributed by atoms with van der Waals surface area (Å²) < 4.78 is 41.0. The highest BCUT2D eigenvalue weighted by Crippen LogP contribution is 2.37. The number of anilines is 1. The van der Waals surface area contributed by atoms with Crippen molar-refractivity contribution >= 4 is 29.2 Å². The van der Waals surface area contributed by atoms with Gasteiger partial charge in [-0.3, -0.25) is 15.3 Å². The number of halogens is 3. The number of rotatable bonds is 5. The molecule has 0 atom stereocenters. The fourth-order valence-electron chi connectivity index (χ4n) is 3.20. The van der Waals surface area contributed by atoms with Gasteiger partial charge in [0.25, 0.3) is 0 Å². The number of thiocarbonyl (C=S) groups is 1. The quantitative estimate of drug-likeness (QED) is 0.439. The fourth-order valence-corrected chi connectivity index (χ4v) is 3.26. The van der Waals surface area contributed by atoms with E-state index in [0.717, 1.165) is 18.2 Å². The zero-order valence-corrected chi connectivity index (χ0v) is 16.4. The van der Waals surface area contributed by atoms with E-state index in [1.54, 1.807) is 23.4 Å². The number of aromatic nitrogens is 1. The van der Waals surface area contributed by atoms with Crippen LogP contribution in [0.15, 0.2) is 47.8 Å². The first-order valence-electron chi connectivity index (χ1n) is 8.99. The monoisotopic (exact) mass is 422 g/mol. The lowest BCUT2D eigenvalue weighted by Crippen LogP contribution is -2.46. The molecular formula is C19H21F3N6S. The number of benzene rings is 1. The third kappa shape index (κ3) is 5.88. The summed E-state index contributed by atoms with van der Waals surface area (Å²) in [5, 5.41) is 3.67. The van der Waals surface area contributed by atoms with Crippen LogP contribution in [-0.4, -0.2) is 47.4 Å². The van der Waals surface area contributed by atoms with E-state index in [-0.39, 0.29) is 10.8 Å². The molecule has 2 heterocycles. The van der Waals surface area contributed by atoms with Gasteiger partial charge in [-0.2, -0.15) is 18.3 Å². The Kier molecular flexibility index (Phi) is 6.65. The third-order valence-electron chi connectivity index (χ3n) is 4.56. The van der Waals surface area contributed by atoms with E-state index >= 15 is 0 Å². The number of hydrogen-bond donors (Lipinski definition) is 2. The summed E-state index contributed by atoms with van der Waals surface area (Å²) in [6.45, 7) is 3.11. The number of hydrazone groups is 1. The Balaban J connectivity index is 1.71. The maximum absolute atomic E-state index is 13.7. The van der Waals surface area contributed by atoms with E-state index in [2.05, 4.69) is 32.6 Å². The number of hydrogen-bond acceptors (Lipinski definition) is 5. The minimum absolute atomic E-state index is 0.0573. The van der Waals surface area contributed by atoms with Crippen LogP contribution < -0.4 is 16.1 Å². The Morgan fingerprint density at radius 3 is 2.62 bits per heavy atom. The molecule has 2 aromatic rings. The molecule has 0 unspecified atom stereocenters. The van der Waals surface area contributed by atoms with E-state index < -0.39 is 11.7 Å². The molecule has 154 valence electrons. The summed E-state index contributed by atoms with van der Waals surface area (Å²) in [6.07, 6.45) is 0.308. The van der Waals surface area contributed by atoms with Crippen molar-refractivity contribution in [2.24, 2.45) is 10.8 Å². The predicted molar refractivity (Wildman–Crippen MR) is 111 cm³/mol. The van der Waals surface area contributed by atoms with Crippen LogP contribution in [0.1, 0.15) is 16.7 Å². The molecule has 6 nitrogen and oxygen atoms in total. The van der Waals surface area contributed by atoms with Gasteiger partial charge in [-0.15, -0.1) is 0 Å². The zero-order chi connectivity index (χ0) is 20.9. The maximum atomic E-state index is 13.7. The molecule has 1 aromatic carbocycles. The van der Waals surface area contributed by atoms with Crippen molar-refractivity contribution in [1.82, 2.24) is 15.3 Å². The van der Waals surface area contributed by atoms with Crippen LogP contribution in [0.3, 0.4) is 0 Å². The first-order valence-corrected chi connectivity index (χ1v) is 9.40. The van der Waals surface area contributed by atoms with Gasteiger partial charge in [0.05, 0.1) is 11.8 Å². The van der Waals surface area contributed by atoms with Gasteiger partial charge in [-0.05, 0) is 41.5 Å². The normalized spacial score (nSPS) is 15.6. The Morgan fingerprint density at radius 1 is 1.24 bits per heavy atom. The SMILES string of the molecule is NC(=S)NN=Cc1ccc(N2CCN(Cc3cccnc3)CC2)c(C(F)(F)F)c1. The number of alkyl halides is 3. The van der Waals surface area contributed by atoms with Crippen LogP contribution in [0.2, 0.25) is 0 Å². The highest BCUT2D eigenvalue weighted by atomic mass is 32.1. The van der Waals surface area contributed by atoms with Gasteiger partial charge in [0.2, 0.25) is 0 Å². The van der Waals surface area contributed by atoms with Gasteiger partial charge >= 0.3 is 6.18 Å². The second-order valence-corrected chi connectivity index (χ2v) is 7.07. The summed E-state index contributed by atoms with van der Waals surface area (Å²) in [6, 6.07) is 8.04. The largest absolute Gasteiger partial charge is 0.418 e. The van der Waals surface area contributed by atoms with E-state index in [4.69, 9.17) is 5.73 Å². The van der Waals surface area contributed by atoms with Crippen LogP contribution in [0.25, 0.3) is 0 Å². The van der Waals surface area contributed by atoms with Crippen molar-refractivity contribution in [2.45, 2.75) is 12.7 Å². The smallest absolute Gasteiger partial charge is 0.375 e. The Hall–Kier alpha value is -2.72.